The van der Waals surface area contributed by atoms with Gasteiger partial charge in [-0.05, 0) is 74.5 Å². The van der Waals surface area contributed by atoms with Crippen molar-refractivity contribution in [3.8, 4) is 0 Å². The van der Waals surface area contributed by atoms with Gasteiger partial charge in [-0.25, -0.2) is 8.78 Å². The van der Waals surface area contributed by atoms with Crippen molar-refractivity contribution in [2.24, 2.45) is 5.92 Å². The molecule has 2 aromatic carbocycles. The molecule has 1 atom stereocenters. The Bertz CT molecular complexity index is 959. The highest BCUT2D eigenvalue weighted by molar-refractivity contribution is 6.08. The van der Waals surface area contributed by atoms with E-state index >= 15 is 0 Å². The summed E-state index contributed by atoms with van der Waals surface area (Å²) in [6, 6.07) is 9.86. The topological polar surface area (TPSA) is 32.3 Å². The third-order valence-electron chi connectivity index (χ3n) is 7.57. The monoisotopic (exact) mass is 410 g/mol. The number of aryl methyl sites for hydroxylation is 1. The second-order valence-corrected chi connectivity index (χ2v) is 9.25. The highest BCUT2D eigenvalue weighted by atomic mass is 19.1. The van der Waals surface area contributed by atoms with Crippen molar-refractivity contribution in [2.75, 3.05) is 18.0 Å². The minimum atomic E-state index is -0.789. The smallest absolute Gasteiger partial charge is 0.264 e. The van der Waals surface area contributed by atoms with Gasteiger partial charge in [-0.3, -0.25) is 4.79 Å². The fourth-order valence-corrected chi connectivity index (χ4v) is 5.78. The summed E-state index contributed by atoms with van der Waals surface area (Å²) >= 11 is 0. The number of piperidine rings is 1. The van der Waals surface area contributed by atoms with Crippen molar-refractivity contribution >= 4 is 11.6 Å². The lowest BCUT2D eigenvalue weighted by Gasteiger charge is -2.44. The van der Waals surface area contributed by atoms with Crippen molar-refractivity contribution in [3.05, 3.63) is 64.7 Å². The lowest BCUT2D eigenvalue weighted by atomic mass is 9.66. The summed E-state index contributed by atoms with van der Waals surface area (Å²) in [5.41, 5.74) is 2.47. The Hall–Kier alpha value is -2.27. The van der Waals surface area contributed by atoms with Crippen LogP contribution in [0.4, 0.5) is 14.5 Å². The second-order valence-electron chi connectivity index (χ2n) is 9.25. The van der Waals surface area contributed by atoms with Crippen molar-refractivity contribution < 1.29 is 13.6 Å². The third-order valence-corrected chi connectivity index (χ3v) is 7.57. The molecule has 1 saturated carbocycles. The minimum absolute atomic E-state index is 0.0618. The van der Waals surface area contributed by atoms with Gasteiger partial charge >= 0.3 is 0 Å². The first-order chi connectivity index (χ1) is 14.5. The summed E-state index contributed by atoms with van der Waals surface area (Å²) in [5, 5.41) is 3.45. The number of hydrogen-bond acceptors (Lipinski definition) is 2. The van der Waals surface area contributed by atoms with Gasteiger partial charge in [0.2, 0.25) is 0 Å². The maximum Gasteiger partial charge on any atom is 0.264 e. The maximum absolute atomic E-state index is 14.6. The number of anilines is 1. The van der Waals surface area contributed by atoms with E-state index in [1.54, 1.807) is 4.90 Å². The molecule has 5 rings (SSSR count). The largest absolute Gasteiger partial charge is 0.317 e. The number of hydrogen-bond donors (Lipinski definition) is 1. The molecule has 3 nitrogen and oxygen atoms in total. The Morgan fingerprint density at radius 2 is 1.83 bits per heavy atom. The van der Waals surface area contributed by atoms with Gasteiger partial charge in [0.25, 0.3) is 5.91 Å². The SMILES string of the molecule is Cc1ccc2c(c1)N(C(=O)c1c(F)cccc1F)C(CC1CCC1)C21CCNCC1. The average molecular weight is 411 g/mol. The number of amides is 1. The van der Waals surface area contributed by atoms with Crippen molar-refractivity contribution in [1.82, 2.24) is 5.32 Å². The molecule has 30 heavy (non-hydrogen) atoms. The van der Waals surface area contributed by atoms with E-state index in [0.717, 1.165) is 43.6 Å². The van der Waals surface area contributed by atoms with Crippen LogP contribution in [0.5, 0.6) is 0 Å². The number of halogens is 2. The van der Waals surface area contributed by atoms with Crippen LogP contribution in [0.3, 0.4) is 0 Å². The maximum atomic E-state index is 14.6. The van der Waals surface area contributed by atoms with Crippen LogP contribution in [-0.2, 0) is 5.41 Å². The van der Waals surface area contributed by atoms with E-state index in [0.29, 0.717) is 5.92 Å². The Balaban J connectivity index is 1.67. The molecule has 2 fully saturated rings. The summed E-state index contributed by atoms with van der Waals surface area (Å²) in [6.45, 7) is 3.79. The standard InChI is InChI=1S/C25H28F2N2O/c1-16-8-9-18-21(14-16)29(24(30)23-19(26)6-3-7-20(23)27)22(15-17-4-2-5-17)25(18)10-12-28-13-11-25/h3,6-9,14,17,22,28H,2,4-5,10-13,15H2,1H3. The van der Waals surface area contributed by atoms with Gasteiger partial charge in [0.05, 0.1) is 0 Å². The molecule has 1 spiro atoms. The Labute approximate surface area is 176 Å². The molecular formula is C25H28F2N2O. The molecule has 5 heteroatoms. The van der Waals surface area contributed by atoms with Gasteiger partial charge < -0.3 is 10.2 Å². The van der Waals surface area contributed by atoms with Crippen LogP contribution in [-0.4, -0.2) is 25.0 Å². The van der Waals surface area contributed by atoms with Crippen molar-refractivity contribution in [3.63, 3.8) is 0 Å². The molecular weight excluding hydrogens is 382 g/mol. The highest BCUT2D eigenvalue weighted by Crippen LogP contribution is 2.54. The van der Waals surface area contributed by atoms with Crippen LogP contribution in [0.2, 0.25) is 0 Å². The van der Waals surface area contributed by atoms with E-state index in [1.807, 2.05) is 13.0 Å². The Morgan fingerprint density at radius 3 is 2.47 bits per heavy atom. The van der Waals surface area contributed by atoms with E-state index in [-0.39, 0.29) is 11.5 Å². The molecule has 3 aliphatic rings. The van der Waals surface area contributed by atoms with Gasteiger partial charge in [0.1, 0.15) is 17.2 Å². The number of nitrogens with zero attached hydrogens (tertiary/aromatic N) is 1. The Morgan fingerprint density at radius 1 is 1.13 bits per heavy atom. The Kier molecular flexibility index (Phi) is 4.89. The summed E-state index contributed by atoms with van der Waals surface area (Å²) in [7, 11) is 0. The fraction of sp³-hybridized carbons (Fsp3) is 0.480. The van der Waals surface area contributed by atoms with Gasteiger partial charge in [-0.2, -0.15) is 0 Å². The molecule has 158 valence electrons. The zero-order valence-electron chi connectivity index (χ0n) is 17.4. The molecule has 2 aliphatic heterocycles. The van der Waals surface area contributed by atoms with E-state index in [2.05, 4.69) is 17.4 Å². The van der Waals surface area contributed by atoms with Crippen LogP contribution in [0.1, 0.15) is 60.0 Å². The van der Waals surface area contributed by atoms with Crippen molar-refractivity contribution in [2.45, 2.75) is 56.9 Å². The fourth-order valence-electron chi connectivity index (χ4n) is 5.78. The molecule has 1 unspecified atom stereocenters. The van der Waals surface area contributed by atoms with E-state index in [1.165, 1.54) is 43.0 Å². The quantitative estimate of drug-likeness (QED) is 0.762. The molecule has 0 bridgehead atoms. The molecule has 2 aromatic rings. The summed E-state index contributed by atoms with van der Waals surface area (Å²) < 4.78 is 29.2. The van der Waals surface area contributed by atoms with Gasteiger partial charge in [-0.15, -0.1) is 0 Å². The second kappa shape index (κ2) is 7.45. The van der Waals surface area contributed by atoms with Crippen molar-refractivity contribution in [1.29, 1.82) is 0 Å². The number of benzene rings is 2. The molecule has 1 N–H and O–H groups in total. The lowest BCUT2D eigenvalue weighted by molar-refractivity contribution is 0.0941. The molecule has 1 amide bonds. The van der Waals surface area contributed by atoms with Crippen LogP contribution in [0.25, 0.3) is 0 Å². The predicted molar refractivity (Wildman–Crippen MR) is 114 cm³/mol. The average Bonchev–Trinajstić information content (AvgIpc) is 2.93. The van der Waals surface area contributed by atoms with Crippen LogP contribution >= 0.6 is 0 Å². The van der Waals surface area contributed by atoms with Gasteiger partial charge in [0.15, 0.2) is 0 Å². The predicted octanol–water partition coefficient (Wildman–Crippen LogP) is 5.11. The lowest BCUT2D eigenvalue weighted by Crippen LogP contribution is -2.53. The van der Waals surface area contributed by atoms with Crippen LogP contribution < -0.4 is 10.2 Å². The number of carbonyl (C=O) groups excluding carboxylic acids is 1. The molecule has 1 saturated heterocycles. The molecule has 1 aliphatic carbocycles. The highest BCUT2D eigenvalue weighted by Gasteiger charge is 2.54. The van der Waals surface area contributed by atoms with E-state index in [4.69, 9.17) is 0 Å². The molecule has 2 heterocycles. The summed E-state index contributed by atoms with van der Waals surface area (Å²) in [5.74, 6) is -1.54. The zero-order chi connectivity index (χ0) is 20.9. The summed E-state index contributed by atoms with van der Waals surface area (Å²) in [6.07, 6.45) is 6.35. The number of carbonyl (C=O) groups is 1. The zero-order valence-corrected chi connectivity index (χ0v) is 17.4. The van der Waals surface area contributed by atoms with E-state index < -0.39 is 23.1 Å². The third kappa shape index (κ3) is 2.97. The van der Waals surface area contributed by atoms with Gasteiger partial charge in [0, 0.05) is 17.1 Å². The van der Waals surface area contributed by atoms with Crippen LogP contribution in [0.15, 0.2) is 36.4 Å². The molecule has 0 radical (unpaired) electrons. The number of rotatable bonds is 3. The summed E-state index contributed by atoms with van der Waals surface area (Å²) in [4.78, 5) is 15.5. The molecule has 0 aromatic heterocycles. The first kappa shape index (κ1) is 19.7. The number of fused-ring (bicyclic) bond motifs is 2. The van der Waals surface area contributed by atoms with Crippen LogP contribution in [0, 0.1) is 24.5 Å². The van der Waals surface area contributed by atoms with E-state index in [9.17, 15) is 13.6 Å². The first-order valence-electron chi connectivity index (χ1n) is 11.1. The minimum Gasteiger partial charge on any atom is -0.317 e. The number of nitrogens with one attached hydrogen (secondary N) is 1. The van der Waals surface area contributed by atoms with Gasteiger partial charge in [-0.1, -0.05) is 37.5 Å². The first-order valence-corrected chi connectivity index (χ1v) is 11.1. The normalized spacial score (nSPS) is 22.8.